The number of carbonyl (C=O) groups is 1. The van der Waals surface area contributed by atoms with Crippen molar-refractivity contribution < 1.29 is 18.7 Å². The number of para-hydroxylation sites is 1. The van der Waals surface area contributed by atoms with Gasteiger partial charge in [-0.05, 0) is 24.3 Å². The van der Waals surface area contributed by atoms with Gasteiger partial charge >= 0.3 is 0 Å². The maximum absolute atomic E-state index is 13.4. The Kier molecular flexibility index (Phi) is 4.35. The van der Waals surface area contributed by atoms with Gasteiger partial charge in [0.05, 0.1) is 18.2 Å². The fraction of sp³-hybridized carbons (Fsp3) is 0.0526. The summed E-state index contributed by atoms with van der Waals surface area (Å²) in [6.45, 7) is 0. The minimum Gasteiger partial charge on any atom is -0.618 e. The molecule has 2 aromatic carbocycles. The van der Waals surface area contributed by atoms with Crippen molar-refractivity contribution in [2.75, 3.05) is 12.8 Å². The van der Waals surface area contributed by atoms with Crippen molar-refractivity contribution in [3.05, 3.63) is 82.9 Å². The van der Waals surface area contributed by atoms with Crippen LogP contribution in [0.15, 0.2) is 60.8 Å². The summed E-state index contributed by atoms with van der Waals surface area (Å²) in [5, 5.41) is 12.3. The number of methoxy groups -OCH3 is 1. The molecule has 0 spiro atoms. The quantitative estimate of drug-likeness (QED) is 0.451. The lowest BCUT2D eigenvalue weighted by molar-refractivity contribution is -0.593. The molecule has 3 rings (SSSR count). The first-order chi connectivity index (χ1) is 12.0. The van der Waals surface area contributed by atoms with Gasteiger partial charge in [-0.2, -0.15) is 4.73 Å². The molecule has 3 aromatic rings. The minimum atomic E-state index is -0.524. The smallest absolute Gasteiger partial charge is 0.251 e. The average Bonchev–Trinajstić information content (AvgIpc) is 2.62. The molecule has 6 heteroatoms. The topological polar surface area (TPSA) is 79.3 Å². The molecule has 2 N–H and O–H groups in total. The Morgan fingerprint density at radius 1 is 1.16 bits per heavy atom. The maximum atomic E-state index is 13.4. The predicted molar refractivity (Wildman–Crippen MR) is 91.6 cm³/mol. The summed E-state index contributed by atoms with van der Waals surface area (Å²) in [6.07, 6.45) is 1.20. The summed E-state index contributed by atoms with van der Waals surface area (Å²) in [5.74, 6) is -0.535. The summed E-state index contributed by atoms with van der Waals surface area (Å²) in [6, 6.07) is 13.5. The van der Waals surface area contributed by atoms with Crippen LogP contribution in [0.1, 0.15) is 15.9 Å². The van der Waals surface area contributed by atoms with Crippen molar-refractivity contribution >= 4 is 11.5 Å². The zero-order valence-corrected chi connectivity index (χ0v) is 13.4. The Bertz CT molecular complexity index is 957. The van der Waals surface area contributed by atoms with Gasteiger partial charge in [-0.25, -0.2) is 4.39 Å². The molecule has 0 radical (unpaired) electrons. The molecule has 0 aliphatic heterocycles. The number of nitrogens with zero attached hydrogens (tertiary/aromatic N) is 1. The maximum Gasteiger partial charge on any atom is 0.251 e. The molecule has 25 heavy (non-hydrogen) atoms. The number of ketones is 1. The van der Waals surface area contributed by atoms with Crippen LogP contribution in [0.3, 0.4) is 0 Å². The van der Waals surface area contributed by atoms with Gasteiger partial charge in [0.1, 0.15) is 17.3 Å². The molecule has 0 aliphatic carbocycles. The third-order valence-electron chi connectivity index (χ3n) is 3.84. The van der Waals surface area contributed by atoms with Crippen LogP contribution in [0.5, 0.6) is 5.75 Å². The molecule has 0 saturated carbocycles. The molecule has 1 heterocycles. The van der Waals surface area contributed by atoms with Crippen LogP contribution >= 0.6 is 0 Å². The first-order valence-corrected chi connectivity index (χ1v) is 7.48. The zero-order chi connectivity index (χ0) is 18.0. The average molecular weight is 338 g/mol. The highest BCUT2D eigenvalue weighted by Crippen LogP contribution is 2.33. The van der Waals surface area contributed by atoms with E-state index in [-0.39, 0.29) is 22.5 Å². The summed E-state index contributed by atoms with van der Waals surface area (Å²) >= 11 is 0. The standard InChI is InChI=1S/C19H15FN2O3/c1-25-16-8-3-2-7-14(16)18-17(21)15(9-10-22(18)24)19(23)12-5-4-6-13(20)11-12/h2-11H,21H2,1H3. The lowest BCUT2D eigenvalue weighted by Crippen LogP contribution is -2.31. The SMILES string of the molecule is COc1ccccc1-c1c(N)c(C(=O)c2cccc(F)c2)cc[n+]1[O-]. The molecule has 0 bridgehead atoms. The summed E-state index contributed by atoms with van der Waals surface area (Å²) in [7, 11) is 1.48. The number of hydrogen-bond acceptors (Lipinski definition) is 4. The number of benzene rings is 2. The van der Waals surface area contributed by atoms with Crippen LogP contribution < -0.4 is 15.2 Å². The molecule has 126 valence electrons. The number of aromatic nitrogens is 1. The first-order valence-electron chi connectivity index (χ1n) is 7.48. The van der Waals surface area contributed by atoms with E-state index in [1.165, 1.54) is 37.6 Å². The van der Waals surface area contributed by atoms with Crippen molar-refractivity contribution in [3.8, 4) is 17.0 Å². The minimum absolute atomic E-state index is 0.0104. The van der Waals surface area contributed by atoms with Crippen molar-refractivity contribution in [3.63, 3.8) is 0 Å². The number of ether oxygens (including phenoxy) is 1. The highest BCUT2D eigenvalue weighted by molar-refractivity contribution is 6.13. The van der Waals surface area contributed by atoms with Gasteiger partial charge in [-0.15, -0.1) is 0 Å². The molecular formula is C19H15FN2O3. The number of anilines is 1. The summed E-state index contributed by atoms with van der Waals surface area (Å²) in [5.41, 5.74) is 6.99. The second-order valence-corrected chi connectivity index (χ2v) is 5.36. The largest absolute Gasteiger partial charge is 0.618 e. The number of halogens is 1. The van der Waals surface area contributed by atoms with E-state index in [9.17, 15) is 14.4 Å². The molecule has 0 atom stereocenters. The fourth-order valence-electron chi connectivity index (χ4n) is 2.64. The number of rotatable bonds is 4. The van der Waals surface area contributed by atoms with E-state index in [1.54, 1.807) is 24.3 Å². The Labute approximate surface area is 143 Å². The molecule has 0 amide bonds. The Hall–Kier alpha value is -3.41. The monoisotopic (exact) mass is 338 g/mol. The molecule has 0 aliphatic rings. The van der Waals surface area contributed by atoms with Crippen molar-refractivity contribution in [2.24, 2.45) is 0 Å². The number of nitrogen functional groups attached to an aromatic ring is 1. The van der Waals surface area contributed by atoms with Crippen LogP contribution in [0.4, 0.5) is 10.1 Å². The van der Waals surface area contributed by atoms with Gasteiger partial charge in [0.15, 0.2) is 12.0 Å². The van der Waals surface area contributed by atoms with E-state index in [0.717, 1.165) is 6.07 Å². The second kappa shape index (κ2) is 6.60. The van der Waals surface area contributed by atoms with Crippen LogP contribution in [-0.2, 0) is 0 Å². The van der Waals surface area contributed by atoms with Gasteiger partial charge < -0.3 is 15.7 Å². The highest BCUT2D eigenvalue weighted by atomic mass is 19.1. The lowest BCUT2D eigenvalue weighted by Gasteiger charge is -2.13. The zero-order valence-electron chi connectivity index (χ0n) is 13.4. The number of hydrogen-bond donors (Lipinski definition) is 1. The molecule has 1 aromatic heterocycles. The van der Waals surface area contributed by atoms with Gasteiger partial charge in [0.25, 0.3) is 5.69 Å². The summed E-state index contributed by atoms with van der Waals surface area (Å²) in [4.78, 5) is 12.7. The van der Waals surface area contributed by atoms with E-state index in [1.807, 2.05) is 0 Å². The van der Waals surface area contributed by atoms with Gasteiger partial charge in [0, 0.05) is 11.6 Å². The molecule has 5 nitrogen and oxygen atoms in total. The first kappa shape index (κ1) is 16.4. The van der Waals surface area contributed by atoms with E-state index < -0.39 is 11.6 Å². The van der Waals surface area contributed by atoms with E-state index in [2.05, 4.69) is 0 Å². The van der Waals surface area contributed by atoms with Gasteiger partial charge in [0.2, 0.25) is 0 Å². The third-order valence-corrected chi connectivity index (χ3v) is 3.84. The van der Waals surface area contributed by atoms with Crippen LogP contribution in [0.2, 0.25) is 0 Å². The van der Waals surface area contributed by atoms with Gasteiger partial charge in [-0.1, -0.05) is 24.3 Å². The lowest BCUT2D eigenvalue weighted by atomic mass is 9.99. The highest BCUT2D eigenvalue weighted by Gasteiger charge is 2.24. The number of carbonyl (C=O) groups excluding carboxylic acids is 1. The Morgan fingerprint density at radius 2 is 1.92 bits per heavy atom. The van der Waals surface area contributed by atoms with Crippen LogP contribution in [0.25, 0.3) is 11.3 Å². The Balaban J connectivity index is 2.17. The molecule has 0 saturated heterocycles. The van der Waals surface area contributed by atoms with Crippen LogP contribution in [0, 0.1) is 11.0 Å². The van der Waals surface area contributed by atoms with E-state index in [0.29, 0.717) is 16.0 Å². The van der Waals surface area contributed by atoms with Gasteiger partial charge in [-0.3, -0.25) is 4.79 Å². The molecule has 0 unspecified atom stereocenters. The van der Waals surface area contributed by atoms with Crippen LogP contribution in [-0.4, -0.2) is 12.9 Å². The number of nitrogens with two attached hydrogens (primary N) is 1. The van der Waals surface area contributed by atoms with Crippen molar-refractivity contribution in [1.82, 2.24) is 0 Å². The van der Waals surface area contributed by atoms with E-state index in [4.69, 9.17) is 10.5 Å². The fourth-order valence-corrected chi connectivity index (χ4v) is 2.64. The van der Waals surface area contributed by atoms with Crippen molar-refractivity contribution in [2.45, 2.75) is 0 Å². The van der Waals surface area contributed by atoms with Crippen molar-refractivity contribution in [1.29, 1.82) is 0 Å². The Morgan fingerprint density at radius 3 is 2.64 bits per heavy atom. The number of pyridine rings is 1. The predicted octanol–water partition coefficient (Wildman–Crippen LogP) is 2.95. The second-order valence-electron chi connectivity index (χ2n) is 5.36. The normalized spacial score (nSPS) is 10.5. The third kappa shape index (κ3) is 3.01. The summed E-state index contributed by atoms with van der Waals surface area (Å²) < 4.78 is 19.2. The van der Waals surface area contributed by atoms with E-state index >= 15 is 0 Å². The molecule has 0 fully saturated rings. The molecular weight excluding hydrogens is 323 g/mol.